The number of nitrogens with two attached hydrogens (primary N) is 2. The number of primary amides is 1. The zero-order valence-corrected chi connectivity index (χ0v) is 21.6. The summed E-state index contributed by atoms with van der Waals surface area (Å²) in [7, 11) is 0. The summed E-state index contributed by atoms with van der Waals surface area (Å²) in [6, 6.07) is 12.5. The Hall–Kier alpha value is -2.17. The molecule has 3 atom stereocenters. The number of nitrogens with one attached hydrogen (secondary N) is 1. The van der Waals surface area contributed by atoms with Crippen molar-refractivity contribution in [3.05, 3.63) is 52.4 Å². The predicted octanol–water partition coefficient (Wildman–Crippen LogP) is 3.50. The molecule has 2 aliphatic heterocycles. The number of thioether (sulfide) groups is 1. The Labute approximate surface area is 214 Å². The number of benzene rings is 1. The Kier molecular flexibility index (Phi) is 7.31. The quantitative estimate of drug-likeness (QED) is 0.366. The van der Waals surface area contributed by atoms with Crippen molar-refractivity contribution in [2.75, 3.05) is 24.5 Å². The molecule has 1 aromatic carbocycles. The van der Waals surface area contributed by atoms with E-state index in [-0.39, 0.29) is 5.91 Å². The molecule has 1 saturated heterocycles. The number of hydrogen-bond acceptors (Lipinski definition) is 8. The van der Waals surface area contributed by atoms with Crippen LogP contribution in [-0.2, 0) is 11.2 Å². The first-order valence-electron chi connectivity index (χ1n) is 12.3. The van der Waals surface area contributed by atoms with Crippen molar-refractivity contribution in [3.8, 4) is 0 Å². The lowest BCUT2D eigenvalue weighted by Crippen LogP contribution is -2.44. The first kappa shape index (κ1) is 24.5. The van der Waals surface area contributed by atoms with E-state index in [4.69, 9.17) is 16.5 Å². The Morgan fingerprint density at radius 2 is 2.06 bits per heavy atom. The molecule has 0 aliphatic carbocycles. The summed E-state index contributed by atoms with van der Waals surface area (Å²) in [6.45, 7) is 4.49. The number of aryl methyl sites for hydroxylation is 1. The predicted molar refractivity (Wildman–Crippen MR) is 144 cm³/mol. The molecule has 0 spiro atoms. The molecule has 6 N–H and O–H groups in total. The second kappa shape index (κ2) is 10.4. The number of anilines is 1. The zero-order valence-electron chi connectivity index (χ0n) is 19.9. The highest BCUT2D eigenvalue weighted by molar-refractivity contribution is 8.01. The monoisotopic (exact) mass is 511 g/mol. The van der Waals surface area contributed by atoms with Gasteiger partial charge in [-0.25, -0.2) is 4.98 Å². The third-order valence-electron chi connectivity index (χ3n) is 6.99. The van der Waals surface area contributed by atoms with Crippen molar-refractivity contribution >= 4 is 44.9 Å². The van der Waals surface area contributed by atoms with Crippen LogP contribution in [-0.4, -0.2) is 46.9 Å². The van der Waals surface area contributed by atoms with Gasteiger partial charge in [0.1, 0.15) is 22.2 Å². The molecule has 3 aromatic rings. The lowest BCUT2D eigenvalue weighted by Gasteiger charge is -2.34. The third kappa shape index (κ3) is 5.06. The fraction of sp³-hybridized carbons (Fsp3) is 0.462. The highest BCUT2D eigenvalue weighted by Gasteiger charge is 2.38. The van der Waals surface area contributed by atoms with Crippen LogP contribution in [0.5, 0.6) is 0 Å². The average molecular weight is 512 g/mol. The van der Waals surface area contributed by atoms with Crippen molar-refractivity contribution < 1.29 is 9.90 Å². The molecule has 1 amide bonds. The van der Waals surface area contributed by atoms with Crippen LogP contribution in [0.4, 0.5) is 5.82 Å². The number of amides is 1. The van der Waals surface area contributed by atoms with E-state index < -0.39 is 17.4 Å². The number of carbonyl (C=O) groups excluding carboxylic acids is 1. The number of carbonyl (C=O) groups is 1. The number of fused-ring (bicyclic) bond motifs is 2. The van der Waals surface area contributed by atoms with Crippen LogP contribution in [0.1, 0.15) is 54.3 Å². The Morgan fingerprint density at radius 1 is 1.29 bits per heavy atom. The second-order valence-corrected chi connectivity index (χ2v) is 11.7. The van der Waals surface area contributed by atoms with Crippen LogP contribution in [0.15, 0.2) is 41.4 Å². The number of pyridine rings is 1. The van der Waals surface area contributed by atoms with Gasteiger partial charge in [0, 0.05) is 40.8 Å². The molecule has 2 aliphatic rings. The Morgan fingerprint density at radius 3 is 2.77 bits per heavy atom. The van der Waals surface area contributed by atoms with Gasteiger partial charge in [-0.1, -0.05) is 43.3 Å². The summed E-state index contributed by atoms with van der Waals surface area (Å²) in [5.74, 6) is 0.579. The van der Waals surface area contributed by atoms with E-state index in [1.807, 2.05) is 12.1 Å². The Balaban J connectivity index is 1.20. The molecule has 9 heteroatoms. The average Bonchev–Trinajstić information content (AvgIpc) is 3.44. The van der Waals surface area contributed by atoms with Gasteiger partial charge in [0.05, 0.1) is 6.04 Å². The van der Waals surface area contributed by atoms with Crippen molar-refractivity contribution in [3.63, 3.8) is 0 Å². The molecule has 3 unspecified atom stereocenters. The van der Waals surface area contributed by atoms with Crippen LogP contribution in [0.25, 0.3) is 10.1 Å². The van der Waals surface area contributed by atoms with Crippen LogP contribution >= 0.6 is 23.1 Å². The summed E-state index contributed by atoms with van der Waals surface area (Å²) < 4.78 is 1.21. The maximum Gasteiger partial charge on any atom is 0.232 e. The van der Waals surface area contributed by atoms with E-state index >= 15 is 0 Å². The summed E-state index contributed by atoms with van der Waals surface area (Å²) in [6.07, 6.45) is 3.38. The molecule has 186 valence electrons. The van der Waals surface area contributed by atoms with Crippen molar-refractivity contribution in [1.82, 2.24) is 10.3 Å². The molecule has 7 nitrogen and oxygen atoms in total. The molecular formula is C26H33N5O2S2. The normalized spacial score (nSPS) is 21.4. The van der Waals surface area contributed by atoms with E-state index in [9.17, 15) is 9.90 Å². The number of aliphatic hydroxyl groups is 1. The number of rotatable bonds is 8. The molecule has 1 fully saturated rings. The lowest BCUT2D eigenvalue weighted by molar-refractivity contribution is -0.117. The highest BCUT2D eigenvalue weighted by atomic mass is 32.2. The number of aromatic nitrogens is 1. The summed E-state index contributed by atoms with van der Waals surface area (Å²) in [4.78, 5) is 20.1. The molecular weight excluding hydrogens is 478 g/mol. The van der Waals surface area contributed by atoms with Gasteiger partial charge in [-0.3, -0.25) is 4.79 Å². The number of nitrogens with zero attached hydrogens (tertiary/aromatic N) is 2. The molecule has 2 aromatic heterocycles. The molecule has 5 rings (SSSR count). The molecule has 35 heavy (non-hydrogen) atoms. The minimum absolute atomic E-state index is 0.363. The molecule has 0 saturated carbocycles. The minimum atomic E-state index is -0.500. The maximum absolute atomic E-state index is 11.9. The topological polar surface area (TPSA) is 118 Å². The van der Waals surface area contributed by atoms with Crippen molar-refractivity contribution in [1.29, 1.82) is 0 Å². The van der Waals surface area contributed by atoms with Gasteiger partial charge in [0.25, 0.3) is 0 Å². The van der Waals surface area contributed by atoms with E-state index in [1.54, 1.807) is 11.3 Å². The van der Waals surface area contributed by atoms with E-state index in [0.717, 1.165) is 60.1 Å². The van der Waals surface area contributed by atoms with Gasteiger partial charge >= 0.3 is 0 Å². The lowest BCUT2D eigenvalue weighted by atomic mass is 9.97. The summed E-state index contributed by atoms with van der Waals surface area (Å²) in [5.41, 5.74) is 14.2. The highest BCUT2D eigenvalue weighted by Crippen LogP contribution is 2.45. The van der Waals surface area contributed by atoms with Gasteiger partial charge in [-0.2, -0.15) is 0 Å². The summed E-state index contributed by atoms with van der Waals surface area (Å²) in [5, 5.41) is 15.9. The molecule has 0 bridgehead atoms. The van der Waals surface area contributed by atoms with Crippen molar-refractivity contribution in [2.24, 2.45) is 11.5 Å². The number of thiophene rings is 1. The smallest absolute Gasteiger partial charge is 0.232 e. The first-order valence-corrected chi connectivity index (χ1v) is 14.0. The van der Waals surface area contributed by atoms with E-state index in [0.29, 0.717) is 12.6 Å². The Bertz CT molecular complexity index is 1170. The molecule has 0 radical (unpaired) electrons. The van der Waals surface area contributed by atoms with E-state index in [2.05, 4.69) is 41.4 Å². The number of hydrogen-bond donors (Lipinski definition) is 4. The summed E-state index contributed by atoms with van der Waals surface area (Å²) >= 11 is 3.07. The SMILES string of the molecule is CCCc1cc(N2CCC(NCC(O)c3cc4ccccc4s3)CC2)nc2c1C(N)C(C(N)=O)S2. The fourth-order valence-electron chi connectivity index (χ4n) is 5.09. The zero-order chi connectivity index (χ0) is 24.5. The largest absolute Gasteiger partial charge is 0.386 e. The van der Waals surface area contributed by atoms with Crippen LogP contribution in [0.3, 0.4) is 0 Å². The van der Waals surface area contributed by atoms with Crippen molar-refractivity contribution in [2.45, 2.75) is 61.1 Å². The first-order chi connectivity index (χ1) is 16.9. The van der Waals surface area contributed by atoms with Crippen LogP contribution in [0.2, 0.25) is 0 Å². The van der Waals surface area contributed by atoms with Gasteiger partial charge in [0.15, 0.2) is 0 Å². The molecule has 4 heterocycles. The van der Waals surface area contributed by atoms with Gasteiger partial charge in [-0.15, -0.1) is 11.3 Å². The van der Waals surface area contributed by atoms with Gasteiger partial charge < -0.3 is 26.8 Å². The van der Waals surface area contributed by atoms with Crippen LogP contribution in [0, 0.1) is 0 Å². The fourth-order valence-corrected chi connectivity index (χ4v) is 7.32. The maximum atomic E-state index is 11.9. The van der Waals surface area contributed by atoms with Crippen LogP contribution < -0.4 is 21.7 Å². The minimum Gasteiger partial charge on any atom is -0.386 e. The van der Waals surface area contributed by atoms with E-state index in [1.165, 1.54) is 27.4 Å². The standard InChI is InChI=1S/C26H33N5O2S2/c1-2-5-16-13-21(30-26-22(16)23(27)24(35-26)25(28)33)31-10-8-17(9-11-31)29-14-18(32)20-12-15-6-3-4-7-19(15)34-20/h3-4,6-7,12-13,17-18,23-24,29,32H,2,5,8-11,14,27H2,1H3,(H2,28,33). The number of aliphatic hydroxyl groups excluding tert-OH is 1. The third-order valence-corrected chi connectivity index (χ3v) is 9.52. The van der Waals surface area contributed by atoms with Gasteiger partial charge in [0.2, 0.25) is 5.91 Å². The number of piperidine rings is 1. The van der Waals surface area contributed by atoms with Gasteiger partial charge in [-0.05, 0) is 48.4 Å². The second-order valence-electron chi connectivity index (χ2n) is 9.45.